The zero-order valence-corrected chi connectivity index (χ0v) is 8.16. The molecule has 8 heteroatoms. The molecule has 0 radical (unpaired) electrons. The summed E-state index contributed by atoms with van der Waals surface area (Å²) in [6.45, 7) is -0.260. The molecule has 0 rings (SSSR count). The molecule has 3 amide bonds. The van der Waals surface area contributed by atoms with E-state index in [0.29, 0.717) is 0 Å². The Bertz CT molecular complexity index is 299. The predicted octanol–water partition coefficient (Wildman–Crippen LogP) is -3.32. The Morgan fingerprint density at radius 1 is 1.33 bits per heavy atom. The van der Waals surface area contributed by atoms with Gasteiger partial charge in [0.25, 0.3) is 5.91 Å². The van der Waals surface area contributed by atoms with E-state index in [-0.39, 0.29) is 24.5 Å². The zero-order valence-electron chi connectivity index (χ0n) is 8.16. The molecule has 0 aliphatic rings. The van der Waals surface area contributed by atoms with Crippen molar-refractivity contribution in [2.75, 3.05) is 13.6 Å². The van der Waals surface area contributed by atoms with Crippen molar-refractivity contribution in [2.24, 2.45) is 11.5 Å². The second kappa shape index (κ2) is 6.24. The van der Waals surface area contributed by atoms with Crippen LogP contribution in [0.5, 0.6) is 0 Å². The highest BCUT2D eigenvalue weighted by atomic mass is 16.2. The minimum absolute atomic E-state index is 0.00407. The Labute approximate surface area is 86.1 Å². The van der Waals surface area contributed by atoms with Gasteiger partial charge in [-0.1, -0.05) is 0 Å². The Kier molecular flexibility index (Phi) is 5.31. The molecule has 0 atom stereocenters. The molecule has 84 valence electrons. The summed E-state index contributed by atoms with van der Waals surface area (Å²) in [5.74, 6) is -1.41. The Balaban J connectivity index is 4.66. The van der Waals surface area contributed by atoms with Crippen LogP contribution in [0, 0.1) is 0 Å². The molecule has 8 nitrogen and oxygen atoms in total. The van der Waals surface area contributed by atoms with Crippen molar-refractivity contribution in [3.63, 3.8) is 0 Å². The smallest absolute Gasteiger partial charge is 0.277 e. The minimum Gasteiger partial charge on any atom is -0.384 e. The van der Waals surface area contributed by atoms with Crippen LogP contribution in [0.1, 0.15) is 0 Å². The van der Waals surface area contributed by atoms with Crippen molar-refractivity contribution in [1.29, 1.82) is 0 Å². The fourth-order valence-corrected chi connectivity index (χ4v) is 0.724. The van der Waals surface area contributed by atoms with E-state index in [4.69, 9.17) is 11.5 Å². The lowest BCUT2D eigenvalue weighted by atomic mass is 10.3. The molecule has 0 bridgehead atoms. The third-order valence-corrected chi connectivity index (χ3v) is 1.40. The second-order valence-corrected chi connectivity index (χ2v) is 2.45. The largest absolute Gasteiger partial charge is 0.384 e. The summed E-state index contributed by atoms with van der Waals surface area (Å²) in [4.78, 5) is 31.7. The molecule has 7 N–H and O–H groups in total. The van der Waals surface area contributed by atoms with Crippen LogP contribution in [0.2, 0.25) is 0 Å². The third kappa shape index (κ3) is 4.50. The number of hydrogen-bond donors (Lipinski definition) is 5. The van der Waals surface area contributed by atoms with Crippen LogP contribution in [-0.2, 0) is 14.4 Å². The van der Waals surface area contributed by atoms with Crippen LogP contribution in [0.4, 0.5) is 0 Å². The number of hydrogen-bond acceptors (Lipinski definition) is 6. The van der Waals surface area contributed by atoms with Gasteiger partial charge in [-0.2, -0.15) is 0 Å². The van der Waals surface area contributed by atoms with E-state index in [1.165, 1.54) is 7.05 Å². The molecular weight excluding hydrogens is 202 g/mol. The van der Waals surface area contributed by atoms with Crippen LogP contribution >= 0.6 is 0 Å². The summed E-state index contributed by atoms with van der Waals surface area (Å²) >= 11 is 0. The monoisotopic (exact) mass is 215 g/mol. The van der Waals surface area contributed by atoms with Crippen molar-refractivity contribution in [1.82, 2.24) is 16.0 Å². The molecule has 0 aromatic rings. The first-order chi connectivity index (χ1) is 7.02. The molecule has 0 unspecified atom stereocenters. The van der Waals surface area contributed by atoms with Crippen molar-refractivity contribution >= 4 is 18.2 Å². The number of nitrogens with one attached hydrogen (secondary N) is 3. The number of nitrogens with two attached hydrogens (primary N) is 2. The first-order valence-electron chi connectivity index (χ1n) is 3.97. The topological polar surface area (TPSA) is 139 Å². The van der Waals surface area contributed by atoms with E-state index in [9.17, 15) is 14.4 Å². The average Bonchev–Trinajstić information content (AvgIpc) is 2.17. The van der Waals surface area contributed by atoms with Gasteiger partial charge in [0, 0.05) is 7.05 Å². The van der Waals surface area contributed by atoms with Gasteiger partial charge in [0.2, 0.25) is 12.3 Å². The van der Waals surface area contributed by atoms with Gasteiger partial charge in [-0.25, -0.2) is 0 Å². The van der Waals surface area contributed by atoms with E-state index in [1.54, 1.807) is 0 Å². The van der Waals surface area contributed by atoms with E-state index in [2.05, 4.69) is 10.6 Å². The Morgan fingerprint density at radius 2 is 1.93 bits per heavy atom. The molecular formula is C7H13N5O3. The van der Waals surface area contributed by atoms with Crippen molar-refractivity contribution < 1.29 is 14.4 Å². The first kappa shape index (κ1) is 12.8. The molecule has 0 aliphatic heterocycles. The second-order valence-electron chi connectivity index (χ2n) is 2.45. The maximum absolute atomic E-state index is 11.2. The van der Waals surface area contributed by atoms with E-state index < -0.39 is 11.8 Å². The lowest BCUT2D eigenvalue weighted by Crippen LogP contribution is -2.39. The number of amides is 3. The Hall–Kier alpha value is -2.25. The van der Waals surface area contributed by atoms with Gasteiger partial charge in [-0.05, 0) is 0 Å². The highest BCUT2D eigenvalue weighted by molar-refractivity contribution is 5.99. The minimum atomic E-state index is -0.752. The van der Waals surface area contributed by atoms with E-state index in [1.807, 2.05) is 5.32 Å². The van der Waals surface area contributed by atoms with Crippen LogP contribution in [0.25, 0.3) is 0 Å². The lowest BCUT2D eigenvalue weighted by Gasteiger charge is -2.10. The lowest BCUT2D eigenvalue weighted by molar-refractivity contribution is -0.122. The summed E-state index contributed by atoms with van der Waals surface area (Å²) in [5.41, 5.74) is 10.2. The van der Waals surface area contributed by atoms with Crippen molar-refractivity contribution in [3.05, 3.63) is 11.5 Å². The van der Waals surface area contributed by atoms with Crippen molar-refractivity contribution in [3.8, 4) is 0 Å². The highest BCUT2D eigenvalue weighted by Crippen LogP contribution is 1.90. The fourth-order valence-electron chi connectivity index (χ4n) is 0.724. The summed E-state index contributed by atoms with van der Waals surface area (Å²) in [6, 6.07) is 0. The number of rotatable bonds is 6. The van der Waals surface area contributed by atoms with Gasteiger partial charge < -0.3 is 22.1 Å². The van der Waals surface area contributed by atoms with E-state index in [0.717, 1.165) is 0 Å². The normalized spacial score (nSPS) is 11.0. The maximum Gasteiger partial charge on any atom is 0.277 e. The summed E-state index contributed by atoms with van der Waals surface area (Å²) < 4.78 is 0. The molecule has 15 heavy (non-hydrogen) atoms. The molecule has 0 spiro atoms. The van der Waals surface area contributed by atoms with Gasteiger partial charge >= 0.3 is 0 Å². The number of carbonyl (C=O) groups is 3. The van der Waals surface area contributed by atoms with E-state index >= 15 is 0 Å². The van der Waals surface area contributed by atoms with Crippen molar-refractivity contribution in [2.45, 2.75) is 0 Å². The van der Waals surface area contributed by atoms with Gasteiger partial charge in [0.05, 0.1) is 6.54 Å². The fraction of sp³-hybridized carbons (Fsp3) is 0.286. The highest BCUT2D eigenvalue weighted by Gasteiger charge is 2.12. The summed E-state index contributed by atoms with van der Waals surface area (Å²) in [5, 5.41) is 6.77. The quantitative estimate of drug-likeness (QED) is 0.232. The molecule has 0 aromatic heterocycles. The van der Waals surface area contributed by atoms with Gasteiger partial charge in [0.15, 0.2) is 0 Å². The number of primary amides is 1. The summed E-state index contributed by atoms with van der Waals surface area (Å²) in [7, 11) is 1.48. The van der Waals surface area contributed by atoms with Crippen LogP contribution in [0.15, 0.2) is 11.5 Å². The molecule has 0 saturated heterocycles. The van der Waals surface area contributed by atoms with Crippen LogP contribution < -0.4 is 27.4 Å². The average molecular weight is 215 g/mol. The molecule has 0 fully saturated rings. The molecule has 0 aliphatic carbocycles. The standard InChI is InChI=1S/C7H13N5O3/c1-10-6(9)5(7(15)12-3-13)11-2-4(8)14/h3,10-11H,2,9H2,1H3,(H2,8,14)(H,12,13,15)/b6-5+. The Morgan fingerprint density at radius 3 is 2.33 bits per heavy atom. The van der Waals surface area contributed by atoms with Gasteiger partial charge in [-0.15, -0.1) is 0 Å². The van der Waals surface area contributed by atoms with Gasteiger partial charge in [0.1, 0.15) is 11.5 Å². The molecule has 0 saturated carbocycles. The number of imide groups is 1. The zero-order chi connectivity index (χ0) is 11.8. The molecule has 0 heterocycles. The van der Waals surface area contributed by atoms with Gasteiger partial charge in [-0.3, -0.25) is 19.7 Å². The van der Waals surface area contributed by atoms with Crippen LogP contribution in [0.3, 0.4) is 0 Å². The summed E-state index contributed by atoms with van der Waals surface area (Å²) in [6.07, 6.45) is 0.206. The van der Waals surface area contributed by atoms with Crippen LogP contribution in [-0.4, -0.2) is 31.8 Å². The predicted molar refractivity (Wildman–Crippen MR) is 51.7 cm³/mol. The number of carbonyl (C=O) groups excluding carboxylic acids is 3. The maximum atomic E-state index is 11.2. The molecule has 0 aromatic carbocycles. The third-order valence-electron chi connectivity index (χ3n) is 1.40. The first-order valence-corrected chi connectivity index (χ1v) is 3.97. The SMILES string of the molecule is CN/C(N)=C(/NCC(N)=O)C(=O)NC=O.